The van der Waals surface area contributed by atoms with Gasteiger partial charge in [0, 0.05) is 18.2 Å². The maximum Gasteiger partial charge on any atom is 0.254 e. The molecule has 0 aliphatic heterocycles. The van der Waals surface area contributed by atoms with E-state index in [1.165, 1.54) is 24.3 Å². The monoisotopic (exact) mass is 268 g/mol. The van der Waals surface area contributed by atoms with Crippen molar-refractivity contribution in [3.63, 3.8) is 0 Å². The van der Waals surface area contributed by atoms with Crippen molar-refractivity contribution < 1.29 is 13.2 Å². The van der Waals surface area contributed by atoms with E-state index in [-0.39, 0.29) is 10.8 Å². The Hall–Kier alpha value is -1.40. The van der Waals surface area contributed by atoms with Gasteiger partial charge in [0.25, 0.3) is 5.91 Å². The molecule has 1 aliphatic carbocycles. The topological polar surface area (TPSA) is 80.5 Å². The van der Waals surface area contributed by atoms with Gasteiger partial charge in [-0.05, 0) is 44.0 Å². The third-order valence-corrected chi connectivity index (χ3v) is 3.95. The summed E-state index contributed by atoms with van der Waals surface area (Å²) in [4.78, 5) is 14.0. The quantitative estimate of drug-likeness (QED) is 0.883. The molecule has 0 unspecified atom stereocenters. The van der Waals surface area contributed by atoms with E-state index in [0.29, 0.717) is 18.2 Å². The number of hydrogen-bond acceptors (Lipinski definition) is 3. The molecular weight excluding hydrogens is 252 g/mol. The van der Waals surface area contributed by atoms with Gasteiger partial charge >= 0.3 is 0 Å². The lowest BCUT2D eigenvalue weighted by molar-refractivity contribution is 0.0752. The van der Waals surface area contributed by atoms with Crippen molar-refractivity contribution in [1.82, 2.24) is 4.90 Å². The molecule has 1 aromatic rings. The first-order valence-corrected chi connectivity index (χ1v) is 7.42. The lowest BCUT2D eigenvalue weighted by Gasteiger charge is -2.20. The Balaban J connectivity index is 2.21. The summed E-state index contributed by atoms with van der Waals surface area (Å²) in [6.45, 7) is 2.61. The standard InChI is InChI=1S/C12H16N2O3S/c1-2-14(10-5-6-10)12(15)9-3-7-11(8-4-9)18(13,16)17/h3-4,7-8,10H,2,5-6H2,1H3,(H2,13,16,17). The van der Waals surface area contributed by atoms with Crippen LogP contribution in [-0.2, 0) is 10.0 Å². The molecule has 1 aliphatic rings. The Kier molecular flexibility index (Phi) is 3.41. The first-order valence-electron chi connectivity index (χ1n) is 5.87. The Bertz CT molecular complexity index is 547. The van der Waals surface area contributed by atoms with Crippen LogP contribution in [0, 0.1) is 0 Å². The number of carbonyl (C=O) groups is 1. The molecule has 18 heavy (non-hydrogen) atoms. The molecule has 1 amide bonds. The number of nitrogens with zero attached hydrogens (tertiary/aromatic N) is 1. The first-order chi connectivity index (χ1) is 8.43. The molecule has 0 saturated heterocycles. The Morgan fingerprint density at radius 3 is 2.28 bits per heavy atom. The van der Waals surface area contributed by atoms with Crippen molar-refractivity contribution in [1.29, 1.82) is 0 Å². The van der Waals surface area contributed by atoms with Gasteiger partial charge < -0.3 is 4.90 Å². The van der Waals surface area contributed by atoms with E-state index in [2.05, 4.69) is 0 Å². The minimum Gasteiger partial charge on any atom is -0.336 e. The number of rotatable bonds is 4. The zero-order chi connectivity index (χ0) is 13.3. The second kappa shape index (κ2) is 4.70. The van der Waals surface area contributed by atoms with E-state index in [1.54, 1.807) is 0 Å². The van der Waals surface area contributed by atoms with E-state index < -0.39 is 10.0 Å². The van der Waals surface area contributed by atoms with Crippen molar-refractivity contribution in [2.75, 3.05) is 6.54 Å². The van der Waals surface area contributed by atoms with Gasteiger partial charge in [-0.1, -0.05) is 0 Å². The fraction of sp³-hybridized carbons (Fsp3) is 0.417. The highest BCUT2D eigenvalue weighted by Crippen LogP contribution is 2.28. The molecule has 2 rings (SSSR count). The minimum absolute atomic E-state index is 0.0218. The summed E-state index contributed by atoms with van der Waals surface area (Å²) in [5.74, 6) is -0.0547. The van der Waals surface area contributed by atoms with Crippen molar-refractivity contribution in [2.24, 2.45) is 5.14 Å². The summed E-state index contributed by atoms with van der Waals surface area (Å²) in [5, 5.41) is 5.00. The van der Waals surface area contributed by atoms with Gasteiger partial charge in [0.15, 0.2) is 0 Å². The molecule has 0 spiro atoms. The maximum atomic E-state index is 12.2. The summed E-state index contributed by atoms with van der Waals surface area (Å²) in [5.41, 5.74) is 0.496. The maximum absolute atomic E-state index is 12.2. The number of primary sulfonamides is 1. The lowest BCUT2D eigenvalue weighted by atomic mass is 10.2. The summed E-state index contributed by atoms with van der Waals surface area (Å²) in [6, 6.07) is 6.09. The molecule has 0 heterocycles. The zero-order valence-corrected chi connectivity index (χ0v) is 11.0. The Morgan fingerprint density at radius 2 is 1.89 bits per heavy atom. The third-order valence-electron chi connectivity index (χ3n) is 3.02. The smallest absolute Gasteiger partial charge is 0.254 e. The molecule has 6 heteroatoms. The van der Waals surface area contributed by atoms with E-state index in [9.17, 15) is 13.2 Å². The second-order valence-electron chi connectivity index (χ2n) is 4.39. The van der Waals surface area contributed by atoms with Crippen molar-refractivity contribution in [3.8, 4) is 0 Å². The number of sulfonamides is 1. The fourth-order valence-electron chi connectivity index (χ4n) is 1.91. The molecule has 1 fully saturated rings. The van der Waals surface area contributed by atoms with Gasteiger partial charge in [-0.2, -0.15) is 0 Å². The molecule has 2 N–H and O–H groups in total. The fourth-order valence-corrected chi connectivity index (χ4v) is 2.42. The van der Waals surface area contributed by atoms with Gasteiger partial charge in [0.05, 0.1) is 4.90 Å². The summed E-state index contributed by atoms with van der Waals surface area (Å²) < 4.78 is 22.2. The van der Waals surface area contributed by atoms with Gasteiger partial charge in [-0.15, -0.1) is 0 Å². The van der Waals surface area contributed by atoms with Crippen molar-refractivity contribution in [3.05, 3.63) is 29.8 Å². The predicted molar refractivity (Wildman–Crippen MR) is 67.5 cm³/mol. The normalized spacial score (nSPS) is 15.4. The van der Waals surface area contributed by atoms with Crippen molar-refractivity contribution >= 4 is 15.9 Å². The van der Waals surface area contributed by atoms with Crippen LogP contribution in [0.3, 0.4) is 0 Å². The minimum atomic E-state index is -3.70. The highest BCUT2D eigenvalue weighted by molar-refractivity contribution is 7.89. The van der Waals surface area contributed by atoms with E-state index in [1.807, 2.05) is 11.8 Å². The lowest BCUT2D eigenvalue weighted by Crippen LogP contribution is -2.32. The number of amides is 1. The van der Waals surface area contributed by atoms with Gasteiger partial charge in [0.2, 0.25) is 10.0 Å². The average Bonchev–Trinajstić information content (AvgIpc) is 3.13. The molecule has 98 valence electrons. The number of nitrogens with two attached hydrogens (primary N) is 1. The highest BCUT2D eigenvalue weighted by Gasteiger charge is 2.31. The van der Waals surface area contributed by atoms with Crippen LogP contribution in [0.2, 0.25) is 0 Å². The van der Waals surface area contributed by atoms with Crippen LogP contribution in [0.1, 0.15) is 30.1 Å². The van der Waals surface area contributed by atoms with Gasteiger partial charge in [-0.3, -0.25) is 4.79 Å². The molecule has 0 radical (unpaired) electrons. The third kappa shape index (κ3) is 2.70. The van der Waals surface area contributed by atoms with E-state index in [0.717, 1.165) is 12.8 Å². The first kappa shape index (κ1) is 13.0. The largest absolute Gasteiger partial charge is 0.336 e. The average molecular weight is 268 g/mol. The van der Waals surface area contributed by atoms with Crippen LogP contribution >= 0.6 is 0 Å². The molecule has 5 nitrogen and oxygen atoms in total. The molecule has 0 aromatic heterocycles. The number of benzene rings is 1. The van der Waals surface area contributed by atoms with Crippen LogP contribution in [0.4, 0.5) is 0 Å². The Morgan fingerprint density at radius 1 is 1.33 bits per heavy atom. The summed E-state index contributed by atoms with van der Waals surface area (Å²) >= 11 is 0. The number of carbonyl (C=O) groups excluding carboxylic acids is 1. The summed E-state index contributed by atoms with van der Waals surface area (Å²) in [7, 11) is -3.70. The van der Waals surface area contributed by atoms with E-state index >= 15 is 0 Å². The molecular formula is C12H16N2O3S. The molecule has 0 bridgehead atoms. The molecule has 0 atom stereocenters. The predicted octanol–water partition coefficient (Wildman–Crippen LogP) is 0.959. The zero-order valence-electron chi connectivity index (χ0n) is 10.2. The van der Waals surface area contributed by atoms with Crippen LogP contribution in [0.25, 0.3) is 0 Å². The van der Waals surface area contributed by atoms with Crippen LogP contribution in [-0.4, -0.2) is 31.8 Å². The van der Waals surface area contributed by atoms with Crippen molar-refractivity contribution in [2.45, 2.75) is 30.7 Å². The second-order valence-corrected chi connectivity index (χ2v) is 5.95. The van der Waals surface area contributed by atoms with Gasteiger partial charge in [-0.25, -0.2) is 13.6 Å². The SMILES string of the molecule is CCN(C(=O)c1ccc(S(N)(=O)=O)cc1)C1CC1. The molecule has 1 saturated carbocycles. The van der Waals surface area contributed by atoms with Crippen LogP contribution in [0.5, 0.6) is 0 Å². The molecule has 1 aromatic carbocycles. The van der Waals surface area contributed by atoms with Crippen LogP contribution < -0.4 is 5.14 Å². The number of hydrogen-bond donors (Lipinski definition) is 1. The highest BCUT2D eigenvalue weighted by atomic mass is 32.2. The summed E-state index contributed by atoms with van der Waals surface area (Å²) in [6.07, 6.45) is 2.10. The Labute approximate surface area is 107 Å². The van der Waals surface area contributed by atoms with E-state index in [4.69, 9.17) is 5.14 Å². The van der Waals surface area contributed by atoms with Crippen LogP contribution in [0.15, 0.2) is 29.2 Å². The van der Waals surface area contributed by atoms with Gasteiger partial charge in [0.1, 0.15) is 0 Å².